The summed E-state index contributed by atoms with van der Waals surface area (Å²) in [6.45, 7) is 14.1. The van der Waals surface area contributed by atoms with Crippen LogP contribution in [0, 0.1) is 0 Å². The van der Waals surface area contributed by atoms with Gasteiger partial charge in [-0.25, -0.2) is 4.79 Å². The highest BCUT2D eigenvalue weighted by molar-refractivity contribution is 7.02. The molecule has 1 aliphatic heterocycles. The maximum atomic E-state index is 13.2. The van der Waals surface area contributed by atoms with Crippen LogP contribution in [0.5, 0.6) is 0 Å². The summed E-state index contributed by atoms with van der Waals surface area (Å²) in [5.41, 5.74) is -0.408. The van der Waals surface area contributed by atoms with Crippen molar-refractivity contribution >= 4 is 24.5 Å². The molecule has 0 saturated carbocycles. The summed E-state index contributed by atoms with van der Waals surface area (Å²) < 4.78 is 5.83. The molecule has 0 aromatic heterocycles. The Labute approximate surface area is 176 Å². The van der Waals surface area contributed by atoms with E-state index in [1.165, 1.54) is 10.4 Å². The topological polar surface area (TPSA) is 32.8 Å². The standard InChI is InChI=1S/C24H34N2O2Si/c1-19(2)25-17-22(26(18-25)23(27)28-24(3,4)5)29(6,20-13-9-7-10-14-20)21-15-11-8-12-16-21/h7-16,19,22H,17-18H2,1-6H3/t22-/m0/s1. The van der Waals surface area contributed by atoms with Crippen molar-refractivity contribution in [3.05, 3.63) is 60.7 Å². The molecule has 1 aliphatic rings. The lowest BCUT2D eigenvalue weighted by Gasteiger charge is -2.39. The lowest BCUT2D eigenvalue weighted by Crippen LogP contribution is -2.69. The van der Waals surface area contributed by atoms with Gasteiger partial charge in [-0.1, -0.05) is 77.6 Å². The second-order valence-corrected chi connectivity index (χ2v) is 13.6. The highest BCUT2D eigenvalue weighted by Crippen LogP contribution is 2.26. The third-order valence-electron chi connectivity index (χ3n) is 5.89. The van der Waals surface area contributed by atoms with Crippen molar-refractivity contribution in [2.24, 2.45) is 0 Å². The van der Waals surface area contributed by atoms with E-state index >= 15 is 0 Å². The first kappa shape index (κ1) is 21.6. The number of hydrogen-bond donors (Lipinski definition) is 0. The molecule has 0 N–H and O–H groups in total. The predicted octanol–water partition coefficient (Wildman–Crippen LogP) is 3.71. The van der Waals surface area contributed by atoms with E-state index in [1.807, 2.05) is 25.7 Å². The van der Waals surface area contributed by atoms with E-state index in [0.717, 1.165) is 6.54 Å². The van der Waals surface area contributed by atoms with Crippen molar-refractivity contribution in [3.63, 3.8) is 0 Å². The van der Waals surface area contributed by atoms with Crippen LogP contribution in [0.4, 0.5) is 4.79 Å². The zero-order chi connectivity index (χ0) is 21.2. The summed E-state index contributed by atoms with van der Waals surface area (Å²) in [5.74, 6) is 0. The van der Waals surface area contributed by atoms with Crippen molar-refractivity contribution < 1.29 is 9.53 Å². The minimum Gasteiger partial charge on any atom is -0.444 e. The van der Waals surface area contributed by atoms with Crippen LogP contribution in [0.25, 0.3) is 0 Å². The molecule has 1 amide bonds. The van der Waals surface area contributed by atoms with Crippen LogP contribution >= 0.6 is 0 Å². The number of hydrogen-bond acceptors (Lipinski definition) is 3. The number of benzene rings is 2. The van der Waals surface area contributed by atoms with E-state index in [-0.39, 0.29) is 11.8 Å². The molecule has 5 heteroatoms. The third kappa shape index (κ3) is 4.56. The van der Waals surface area contributed by atoms with Gasteiger partial charge in [0.25, 0.3) is 0 Å². The van der Waals surface area contributed by atoms with E-state index < -0.39 is 13.7 Å². The molecule has 4 nitrogen and oxygen atoms in total. The first-order valence-electron chi connectivity index (χ1n) is 10.5. The summed E-state index contributed by atoms with van der Waals surface area (Å²) in [5, 5.41) is 2.69. The average Bonchev–Trinajstić information content (AvgIpc) is 3.14. The summed E-state index contributed by atoms with van der Waals surface area (Å²) in [4.78, 5) is 17.6. The van der Waals surface area contributed by atoms with Crippen molar-refractivity contribution in [1.82, 2.24) is 9.80 Å². The molecule has 0 unspecified atom stereocenters. The predicted molar refractivity (Wildman–Crippen MR) is 122 cm³/mol. The van der Waals surface area contributed by atoms with E-state index in [1.54, 1.807) is 0 Å². The maximum absolute atomic E-state index is 13.2. The van der Waals surface area contributed by atoms with Gasteiger partial charge in [0.2, 0.25) is 0 Å². The molecule has 156 valence electrons. The Bertz CT molecular complexity index is 778. The Hall–Kier alpha value is -2.11. The monoisotopic (exact) mass is 410 g/mol. The number of ether oxygens (including phenoxy) is 1. The fourth-order valence-corrected chi connectivity index (χ4v) is 8.45. The number of amides is 1. The Morgan fingerprint density at radius 1 is 1.00 bits per heavy atom. The molecule has 3 rings (SSSR count). The molecule has 1 fully saturated rings. The Balaban J connectivity index is 2.10. The Kier molecular flexibility index (Phi) is 6.20. The molecule has 1 atom stereocenters. The summed E-state index contributed by atoms with van der Waals surface area (Å²) >= 11 is 0. The van der Waals surface area contributed by atoms with Crippen LogP contribution in [-0.4, -0.2) is 54.5 Å². The zero-order valence-electron chi connectivity index (χ0n) is 18.6. The lowest BCUT2D eigenvalue weighted by molar-refractivity contribution is 0.0235. The van der Waals surface area contributed by atoms with Crippen LogP contribution in [0.3, 0.4) is 0 Å². The van der Waals surface area contributed by atoms with Gasteiger partial charge in [0.1, 0.15) is 13.7 Å². The smallest absolute Gasteiger partial charge is 0.411 e. The van der Waals surface area contributed by atoms with Gasteiger partial charge in [-0.3, -0.25) is 9.80 Å². The molecule has 0 spiro atoms. The Morgan fingerprint density at radius 2 is 1.48 bits per heavy atom. The van der Waals surface area contributed by atoms with Gasteiger partial charge < -0.3 is 4.74 Å². The summed E-state index contributed by atoms with van der Waals surface area (Å²) in [6.07, 6.45) is -0.212. The minimum atomic E-state index is -2.27. The van der Waals surface area contributed by atoms with Crippen LogP contribution in [-0.2, 0) is 4.74 Å². The van der Waals surface area contributed by atoms with Gasteiger partial charge in [0, 0.05) is 12.6 Å². The van der Waals surface area contributed by atoms with Crippen LogP contribution in [0.2, 0.25) is 6.55 Å². The van der Waals surface area contributed by atoms with E-state index in [4.69, 9.17) is 4.74 Å². The fraction of sp³-hybridized carbons (Fsp3) is 0.458. The van der Waals surface area contributed by atoms with Gasteiger partial charge in [-0.15, -0.1) is 0 Å². The van der Waals surface area contributed by atoms with Gasteiger partial charge in [-0.2, -0.15) is 0 Å². The van der Waals surface area contributed by atoms with Gasteiger partial charge in [0.15, 0.2) is 0 Å². The van der Waals surface area contributed by atoms with Crippen molar-refractivity contribution in [3.8, 4) is 0 Å². The van der Waals surface area contributed by atoms with Crippen LogP contribution < -0.4 is 10.4 Å². The summed E-state index contributed by atoms with van der Waals surface area (Å²) in [6, 6.07) is 21.8. The summed E-state index contributed by atoms with van der Waals surface area (Å²) in [7, 11) is -2.27. The molecular weight excluding hydrogens is 376 g/mol. The number of nitrogens with zero attached hydrogens (tertiary/aromatic N) is 2. The quantitative estimate of drug-likeness (QED) is 0.721. The second kappa shape index (κ2) is 8.32. The fourth-order valence-electron chi connectivity index (χ4n) is 4.17. The van der Waals surface area contributed by atoms with E-state index in [2.05, 4.69) is 86.0 Å². The van der Waals surface area contributed by atoms with Gasteiger partial charge in [-0.05, 0) is 34.6 Å². The first-order valence-corrected chi connectivity index (χ1v) is 13.1. The molecule has 0 aliphatic carbocycles. The normalized spacial score (nSPS) is 18.3. The molecule has 0 bridgehead atoms. The average molecular weight is 411 g/mol. The lowest BCUT2D eigenvalue weighted by atomic mass is 10.2. The first-order chi connectivity index (χ1) is 13.6. The van der Waals surface area contributed by atoms with E-state index in [9.17, 15) is 4.79 Å². The molecule has 1 heterocycles. The molecule has 0 radical (unpaired) electrons. The van der Waals surface area contributed by atoms with Crippen molar-refractivity contribution in [1.29, 1.82) is 0 Å². The molecular formula is C24H34N2O2Si. The van der Waals surface area contributed by atoms with Gasteiger partial charge in [0.05, 0.1) is 12.3 Å². The zero-order valence-corrected chi connectivity index (χ0v) is 19.6. The molecule has 29 heavy (non-hydrogen) atoms. The number of carbonyl (C=O) groups is 1. The highest BCUT2D eigenvalue weighted by atomic mass is 28.3. The molecule has 1 saturated heterocycles. The number of carbonyl (C=O) groups excluding carboxylic acids is 1. The Morgan fingerprint density at radius 3 is 1.90 bits per heavy atom. The van der Waals surface area contributed by atoms with Crippen LogP contribution in [0.15, 0.2) is 60.7 Å². The van der Waals surface area contributed by atoms with Gasteiger partial charge >= 0.3 is 6.09 Å². The molecule has 2 aromatic carbocycles. The SMILES string of the molecule is CC(C)N1C[C@H]([Si](C)(c2ccccc2)c2ccccc2)N(C(=O)OC(C)(C)C)C1. The maximum Gasteiger partial charge on any atom is 0.411 e. The largest absolute Gasteiger partial charge is 0.444 e. The minimum absolute atomic E-state index is 0.101. The third-order valence-corrected chi connectivity index (χ3v) is 10.8. The number of rotatable bonds is 4. The van der Waals surface area contributed by atoms with Crippen LogP contribution in [0.1, 0.15) is 34.6 Å². The second-order valence-electron chi connectivity index (χ2n) is 9.41. The van der Waals surface area contributed by atoms with Crippen molar-refractivity contribution in [2.75, 3.05) is 13.2 Å². The van der Waals surface area contributed by atoms with Crippen molar-refractivity contribution in [2.45, 2.75) is 58.5 Å². The van der Waals surface area contributed by atoms with E-state index in [0.29, 0.717) is 12.7 Å². The molecule has 2 aromatic rings. The highest BCUT2D eigenvalue weighted by Gasteiger charge is 2.50.